The number of carbonyl (C=O) groups excluding carboxylic acids is 3. The highest BCUT2D eigenvalue weighted by molar-refractivity contribution is 6.07. The molecule has 198 valence electrons. The molecule has 0 bridgehead atoms. The van der Waals surface area contributed by atoms with Gasteiger partial charge in [-0.05, 0) is 12.1 Å². The molecule has 15 nitrogen and oxygen atoms in total. The van der Waals surface area contributed by atoms with E-state index in [4.69, 9.17) is 0 Å². The van der Waals surface area contributed by atoms with E-state index in [0.29, 0.717) is 36.1 Å². The summed E-state index contributed by atoms with van der Waals surface area (Å²) in [4.78, 5) is 55.4. The molecule has 0 saturated carbocycles. The number of imidazole rings is 1. The van der Waals surface area contributed by atoms with Crippen molar-refractivity contribution in [2.75, 3.05) is 29.0 Å². The Morgan fingerprint density at radius 2 is 1.42 bits per heavy atom. The van der Waals surface area contributed by atoms with E-state index in [1.54, 1.807) is 49.5 Å². The second kappa shape index (κ2) is 10.7. The predicted octanol–water partition coefficient (Wildman–Crippen LogP) is 1.68. The highest BCUT2D eigenvalue weighted by Gasteiger charge is 2.20. The highest BCUT2D eigenvalue weighted by Crippen LogP contribution is 2.20. The zero-order valence-electron chi connectivity index (χ0n) is 20.8. The van der Waals surface area contributed by atoms with Crippen LogP contribution in [0.25, 0.3) is 0 Å². The number of aromatic nitrogens is 5. The average Bonchev–Trinajstić information content (AvgIpc) is 3.64. The number of hydrogen-bond donors (Lipinski definition) is 5. The van der Waals surface area contributed by atoms with Crippen LogP contribution in [0.3, 0.4) is 0 Å². The third-order valence-electron chi connectivity index (χ3n) is 5.63. The minimum Gasteiger partial charge on any atom is -0.354 e. The van der Waals surface area contributed by atoms with E-state index in [9.17, 15) is 24.5 Å². The Hall–Kier alpha value is -5.34. The Balaban J connectivity index is 1.35. The molecule has 5 N–H and O–H groups in total. The van der Waals surface area contributed by atoms with Crippen LogP contribution in [0.2, 0.25) is 0 Å². The van der Waals surface area contributed by atoms with Crippen LogP contribution in [0.1, 0.15) is 31.5 Å². The van der Waals surface area contributed by atoms with Gasteiger partial charge in [0, 0.05) is 65.1 Å². The molecule has 15 heteroatoms. The van der Waals surface area contributed by atoms with Crippen molar-refractivity contribution in [2.24, 2.45) is 21.1 Å². The lowest BCUT2D eigenvalue weighted by Crippen LogP contribution is -2.30. The number of hydrogen-bond acceptors (Lipinski definition) is 7. The summed E-state index contributed by atoms with van der Waals surface area (Å²) in [6, 6.07) is 4.21. The molecule has 0 radical (unpaired) electrons. The van der Waals surface area contributed by atoms with Gasteiger partial charge in [0.25, 0.3) is 23.4 Å². The summed E-state index contributed by atoms with van der Waals surface area (Å²) in [5, 5.41) is 22.2. The number of amides is 3. The summed E-state index contributed by atoms with van der Waals surface area (Å²) >= 11 is 0. The molecule has 0 aliphatic rings. The van der Waals surface area contributed by atoms with Crippen LogP contribution in [0, 0.1) is 10.1 Å². The Bertz CT molecular complexity index is 1490. The molecule has 0 aliphatic carbocycles. The van der Waals surface area contributed by atoms with E-state index < -0.39 is 16.7 Å². The van der Waals surface area contributed by atoms with Gasteiger partial charge in [0.15, 0.2) is 5.95 Å². The molecular formula is C23H26N10O5. The van der Waals surface area contributed by atoms with Gasteiger partial charge in [-0.2, -0.15) is 0 Å². The summed E-state index contributed by atoms with van der Waals surface area (Å²) in [6.07, 6.45) is 7.71. The van der Waals surface area contributed by atoms with E-state index in [2.05, 4.69) is 31.2 Å². The van der Waals surface area contributed by atoms with Crippen LogP contribution >= 0.6 is 0 Å². The third-order valence-corrected chi connectivity index (χ3v) is 5.63. The molecule has 0 spiro atoms. The van der Waals surface area contributed by atoms with E-state index >= 15 is 0 Å². The fourth-order valence-corrected chi connectivity index (χ4v) is 3.79. The van der Waals surface area contributed by atoms with Crippen molar-refractivity contribution in [3.63, 3.8) is 0 Å². The molecule has 0 atom stereocenters. The fraction of sp³-hybridized carbons (Fsp3) is 0.217. The van der Waals surface area contributed by atoms with Gasteiger partial charge < -0.3 is 40.0 Å². The number of nitrogens with zero attached hydrogens (tertiary/aromatic N) is 5. The summed E-state index contributed by atoms with van der Waals surface area (Å²) in [6.45, 7) is 0.834. The minimum absolute atomic E-state index is 0.0957. The number of H-pyrrole nitrogens is 1. The zero-order chi connectivity index (χ0) is 27.4. The van der Waals surface area contributed by atoms with Crippen LogP contribution in [0.5, 0.6) is 0 Å². The second-order valence-corrected chi connectivity index (χ2v) is 8.43. The molecule has 0 aliphatic heterocycles. The van der Waals surface area contributed by atoms with E-state index in [-0.39, 0.29) is 23.0 Å². The second-order valence-electron chi connectivity index (χ2n) is 8.43. The number of aromatic amines is 1. The van der Waals surface area contributed by atoms with Crippen LogP contribution in [0.15, 0.2) is 49.2 Å². The zero-order valence-corrected chi connectivity index (χ0v) is 20.8. The lowest BCUT2D eigenvalue weighted by atomic mass is 10.3. The van der Waals surface area contributed by atoms with E-state index in [0.717, 1.165) is 0 Å². The van der Waals surface area contributed by atoms with Gasteiger partial charge in [-0.15, -0.1) is 0 Å². The van der Waals surface area contributed by atoms with Crippen molar-refractivity contribution in [3.05, 3.63) is 76.4 Å². The average molecular weight is 523 g/mol. The number of carbonyl (C=O) groups is 3. The topological polar surface area (TPSA) is 186 Å². The molecule has 38 heavy (non-hydrogen) atoms. The Labute approximate surface area is 216 Å². The normalized spacial score (nSPS) is 10.7. The van der Waals surface area contributed by atoms with Gasteiger partial charge in [0.2, 0.25) is 0 Å². The molecule has 4 aromatic rings. The molecule has 0 aromatic carbocycles. The smallest absolute Gasteiger partial charge is 0.287 e. The van der Waals surface area contributed by atoms with Gasteiger partial charge in [-0.3, -0.25) is 24.5 Å². The number of aryl methyl sites for hydroxylation is 3. The molecule has 4 heterocycles. The number of rotatable bonds is 10. The van der Waals surface area contributed by atoms with Gasteiger partial charge in [0.1, 0.15) is 17.1 Å². The first-order chi connectivity index (χ1) is 18.1. The third kappa shape index (κ3) is 5.72. The molecule has 4 rings (SSSR count). The van der Waals surface area contributed by atoms with Gasteiger partial charge in [0.05, 0.1) is 22.5 Å². The van der Waals surface area contributed by atoms with Gasteiger partial charge in [-0.1, -0.05) is 0 Å². The first-order valence-corrected chi connectivity index (χ1v) is 11.4. The minimum atomic E-state index is -0.583. The molecule has 4 aromatic heterocycles. The number of anilines is 3. The summed E-state index contributed by atoms with van der Waals surface area (Å²) in [5.74, 6) is -0.714. The molecule has 3 amide bonds. The maximum Gasteiger partial charge on any atom is 0.287 e. The Morgan fingerprint density at radius 3 is 1.95 bits per heavy atom. The van der Waals surface area contributed by atoms with Gasteiger partial charge >= 0.3 is 0 Å². The van der Waals surface area contributed by atoms with Crippen LogP contribution in [0.4, 0.5) is 23.0 Å². The lowest BCUT2D eigenvalue weighted by molar-refractivity contribution is -0.384. The Morgan fingerprint density at radius 1 is 0.868 bits per heavy atom. The van der Waals surface area contributed by atoms with Crippen molar-refractivity contribution in [3.8, 4) is 0 Å². The summed E-state index contributed by atoms with van der Waals surface area (Å²) < 4.78 is 4.48. The molecule has 0 fully saturated rings. The predicted molar refractivity (Wildman–Crippen MR) is 138 cm³/mol. The monoisotopic (exact) mass is 522 g/mol. The molecule has 0 saturated heterocycles. The van der Waals surface area contributed by atoms with Crippen molar-refractivity contribution >= 4 is 40.7 Å². The van der Waals surface area contributed by atoms with E-state index in [1.165, 1.54) is 34.5 Å². The molecule has 0 unspecified atom stereocenters. The van der Waals surface area contributed by atoms with Crippen LogP contribution in [-0.2, 0) is 21.1 Å². The van der Waals surface area contributed by atoms with Crippen LogP contribution in [-0.4, -0.2) is 59.4 Å². The van der Waals surface area contributed by atoms with Gasteiger partial charge in [-0.25, -0.2) is 4.98 Å². The number of nitro groups is 1. The quantitative estimate of drug-likeness (QED) is 0.119. The van der Waals surface area contributed by atoms with E-state index in [1.807, 2.05) is 0 Å². The maximum absolute atomic E-state index is 12.9. The lowest BCUT2D eigenvalue weighted by Gasteiger charge is -2.06. The highest BCUT2D eigenvalue weighted by atomic mass is 16.6. The fourth-order valence-electron chi connectivity index (χ4n) is 3.79. The van der Waals surface area contributed by atoms with Crippen molar-refractivity contribution in [1.29, 1.82) is 0 Å². The van der Waals surface area contributed by atoms with Crippen LogP contribution < -0.4 is 21.3 Å². The summed E-state index contributed by atoms with van der Waals surface area (Å²) in [5.41, 5.74) is 1.25. The Kier molecular flexibility index (Phi) is 7.27. The first kappa shape index (κ1) is 25.7. The largest absolute Gasteiger partial charge is 0.354 e. The summed E-state index contributed by atoms with van der Waals surface area (Å²) in [7, 11) is 4.85. The standard InChI is InChI=1S/C23H26N10O5/c1-30-11-14(8-17(30)20(34)24-4-5-25-23-26-6-7-27-23)28-21(35)18-9-15(12-31(18)2)29-22(36)19-10-16(33(37)38)13-32(19)3/h6-13H,4-5H2,1-3H3,(H,24,34)(H,28,35)(H,29,36)(H2,25,26,27). The first-order valence-electron chi connectivity index (χ1n) is 11.4. The number of nitrogens with one attached hydrogen (secondary N) is 5. The maximum atomic E-state index is 12.9. The van der Waals surface area contributed by atoms with Crippen molar-refractivity contribution in [1.82, 2.24) is 29.0 Å². The van der Waals surface area contributed by atoms with Crippen molar-refractivity contribution in [2.45, 2.75) is 0 Å². The van der Waals surface area contributed by atoms with Crippen molar-refractivity contribution < 1.29 is 19.3 Å². The SMILES string of the molecule is Cn1cc(NC(=O)c2cc(NC(=O)c3cc([N+](=O)[O-])cn3C)cn2C)cc1C(=O)NCCNc1ncc[nH]1. The molecular weight excluding hydrogens is 496 g/mol.